The van der Waals surface area contributed by atoms with E-state index in [1.807, 2.05) is 19.1 Å². The number of carboxylic acids is 1. The molecule has 1 saturated heterocycles. The summed E-state index contributed by atoms with van der Waals surface area (Å²) in [5.41, 5.74) is 2.33. The highest BCUT2D eigenvalue weighted by atomic mass is 35.5. The number of amidine groups is 1. The molecule has 0 aliphatic carbocycles. The quantitative estimate of drug-likeness (QED) is 0.705. The van der Waals surface area contributed by atoms with Crippen LogP contribution in [0.4, 0.5) is 5.69 Å². The Hall–Kier alpha value is -2.77. The normalized spacial score (nSPS) is 17.6. The zero-order valence-corrected chi connectivity index (χ0v) is 16.7. The second-order valence-corrected chi connectivity index (χ2v) is 7.47. The lowest BCUT2D eigenvalue weighted by Gasteiger charge is -2.10. The van der Waals surface area contributed by atoms with Crippen molar-refractivity contribution in [1.82, 2.24) is 5.32 Å². The van der Waals surface area contributed by atoms with Crippen LogP contribution in [0.1, 0.15) is 18.1 Å². The molecule has 28 heavy (non-hydrogen) atoms. The summed E-state index contributed by atoms with van der Waals surface area (Å²) in [6, 6.07) is 12.3. The van der Waals surface area contributed by atoms with E-state index in [-0.39, 0.29) is 5.91 Å². The number of benzene rings is 2. The Morgan fingerprint density at radius 3 is 2.68 bits per heavy atom. The van der Waals surface area contributed by atoms with Crippen LogP contribution in [0.2, 0.25) is 5.02 Å². The summed E-state index contributed by atoms with van der Waals surface area (Å²) in [6.45, 7) is 3.33. The number of thioether (sulfide) groups is 1. The van der Waals surface area contributed by atoms with Crippen molar-refractivity contribution in [3.63, 3.8) is 0 Å². The maximum absolute atomic E-state index is 12.2. The fraction of sp³-hybridized carbons (Fsp3) is 0.150. The van der Waals surface area contributed by atoms with E-state index in [2.05, 4.69) is 10.3 Å². The van der Waals surface area contributed by atoms with E-state index in [0.717, 1.165) is 11.1 Å². The molecule has 1 atom stereocenters. The lowest BCUT2D eigenvalue weighted by Crippen LogP contribution is -2.22. The van der Waals surface area contributed by atoms with Gasteiger partial charge < -0.3 is 15.2 Å². The summed E-state index contributed by atoms with van der Waals surface area (Å²) in [7, 11) is 0. The van der Waals surface area contributed by atoms with E-state index < -0.39 is 12.1 Å². The molecule has 2 N–H and O–H groups in total. The van der Waals surface area contributed by atoms with E-state index in [1.54, 1.807) is 36.4 Å². The Labute approximate surface area is 171 Å². The molecule has 0 saturated carbocycles. The number of aliphatic imine (C=N–C) groups is 1. The van der Waals surface area contributed by atoms with Crippen molar-refractivity contribution >= 4 is 52.2 Å². The maximum Gasteiger partial charge on any atom is 0.344 e. The van der Waals surface area contributed by atoms with Gasteiger partial charge in [0.2, 0.25) is 0 Å². The van der Waals surface area contributed by atoms with Crippen LogP contribution in [0.25, 0.3) is 6.08 Å². The van der Waals surface area contributed by atoms with Crippen molar-refractivity contribution in [2.75, 3.05) is 0 Å². The van der Waals surface area contributed by atoms with E-state index in [0.29, 0.717) is 26.5 Å². The predicted molar refractivity (Wildman–Crippen MR) is 111 cm³/mol. The molecule has 1 heterocycles. The number of rotatable bonds is 5. The van der Waals surface area contributed by atoms with Gasteiger partial charge in [-0.1, -0.05) is 29.8 Å². The van der Waals surface area contributed by atoms with Gasteiger partial charge in [0.15, 0.2) is 11.3 Å². The number of amides is 1. The first-order chi connectivity index (χ1) is 13.3. The van der Waals surface area contributed by atoms with Crippen molar-refractivity contribution in [1.29, 1.82) is 0 Å². The number of nitrogens with one attached hydrogen (secondary N) is 1. The van der Waals surface area contributed by atoms with Crippen LogP contribution >= 0.6 is 23.4 Å². The molecular formula is C20H17ClN2O4S. The molecule has 0 unspecified atom stereocenters. The van der Waals surface area contributed by atoms with Gasteiger partial charge in [0.25, 0.3) is 5.91 Å². The Balaban J connectivity index is 1.74. The third-order valence-corrected chi connectivity index (χ3v) is 5.27. The Morgan fingerprint density at radius 1 is 1.29 bits per heavy atom. The number of halogens is 1. The third-order valence-electron chi connectivity index (χ3n) is 3.95. The van der Waals surface area contributed by atoms with Gasteiger partial charge in [-0.3, -0.25) is 4.79 Å². The minimum Gasteiger partial charge on any atom is -0.479 e. The monoisotopic (exact) mass is 416 g/mol. The van der Waals surface area contributed by atoms with Gasteiger partial charge in [0.1, 0.15) is 5.75 Å². The number of aliphatic carboxylic acids is 1. The molecule has 0 bridgehead atoms. The number of carbonyl (C=O) groups excluding carboxylic acids is 1. The van der Waals surface area contributed by atoms with E-state index in [9.17, 15) is 9.59 Å². The minimum absolute atomic E-state index is 0.233. The highest BCUT2D eigenvalue weighted by Gasteiger charge is 2.24. The Kier molecular flexibility index (Phi) is 6.06. The third kappa shape index (κ3) is 4.74. The molecule has 0 aromatic heterocycles. The summed E-state index contributed by atoms with van der Waals surface area (Å²) < 4.78 is 5.29. The molecule has 1 aliphatic heterocycles. The van der Waals surface area contributed by atoms with Crippen LogP contribution in [0.5, 0.6) is 5.75 Å². The summed E-state index contributed by atoms with van der Waals surface area (Å²) >= 11 is 7.35. The molecule has 0 radical (unpaired) electrons. The van der Waals surface area contributed by atoms with Crippen LogP contribution < -0.4 is 10.1 Å². The van der Waals surface area contributed by atoms with Gasteiger partial charge in [-0.25, -0.2) is 9.79 Å². The molecule has 0 spiro atoms. The molecule has 3 rings (SSSR count). The number of hydrogen-bond acceptors (Lipinski definition) is 5. The number of carbonyl (C=O) groups is 2. The molecule has 144 valence electrons. The largest absolute Gasteiger partial charge is 0.479 e. The molecule has 6 nitrogen and oxygen atoms in total. The summed E-state index contributed by atoms with van der Waals surface area (Å²) in [5, 5.41) is 12.7. The molecule has 1 amide bonds. The first-order valence-electron chi connectivity index (χ1n) is 8.37. The van der Waals surface area contributed by atoms with Gasteiger partial charge in [0, 0.05) is 5.02 Å². The van der Waals surface area contributed by atoms with Gasteiger partial charge in [-0.05, 0) is 67.1 Å². The highest BCUT2D eigenvalue weighted by molar-refractivity contribution is 8.18. The van der Waals surface area contributed by atoms with E-state index >= 15 is 0 Å². The van der Waals surface area contributed by atoms with Crippen molar-refractivity contribution in [3.05, 3.63) is 63.5 Å². The fourth-order valence-electron chi connectivity index (χ4n) is 2.36. The lowest BCUT2D eigenvalue weighted by molar-refractivity contribution is -0.144. The molecule has 2 aromatic carbocycles. The highest BCUT2D eigenvalue weighted by Crippen LogP contribution is 2.31. The Morgan fingerprint density at radius 2 is 2.00 bits per heavy atom. The molecule has 1 fully saturated rings. The van der Waals surface area contributed by atoms with Crippen molar-refractivity contribution in [2.24, 2.45) is 4.99 Å². The summed E-state index contributed by atoms with van der Waals surface area (Å²) in [4.78, 5) is 28.0. The summed E-state index contributed by atoms with van der Waals surface area (Å²) in [6.07, 6.45) is 0.798. The van der Waals surface area contributed by atoms with Crippen molar-refractivity contribution in [2.45, 2.75) is 20.0 Å². The molecule has 2 aromatic rings. The second-order valence-electron chi connectivity index (χ2n) is 6.03. The zero-order chi connectivity index (χ0) is 20.3. The van der Waals surface area contributed by atoms with Gasteiger partial charge in [0.05, 0.1) is 10.6 Å². The average Bonchev–Trinajstić information content (AvgIpc) is 2.99. The zero-order valence-electron chi connectivity index (χ0n) is 15.1. The number of nitrogens with zero attached hydrogens (tertiary/aromatic N) is 1. The smallest absolute Gasteiger partial charge is 0.344 e. The molecule has 8 heteroatoms. The van der Waals surface area contributed by atoms with Crippen LogP contribution in [0.15, 0.2) is 52.4 Å². The Bertz CT molecular complexity index is 986. The minimum atomic E-state index is -1.04. The van der Waals surface area contributed by atoms with Crippen molar-refractivity contribution < 1.29 is 19.4 Å². The van der Waals surface area contributed by atoms with E-state index in [1.165, 1.54) is 18.7 Å². The molecular weight excluding hydrogens is 400 g/mol. The standard InChI is InChI=1S/C20H17ClN2O4S/c1-11-15(21)4-3-5-16(11)22-20-23-18(24)17(28-20)10-13-6-8-14(9-7-13)27-12(2)19(25)26/h3-10,12H,1-2H3,(H,25,26)(H,22,23,24)/b17-10-/t12-/m1/s1. The van der Waals surface area contributed by atoms with Crippen LogP contribution in [0.3, 0.4) is 0 Å². The van der Waals surface area contributed by atoms with E-state index in [4.69, 9.17) is 21.4 Å². The van der Waals surface area contributed by atoms with Crippen molar-refractivity contribution in [3.8, 4) is 5.75 Å². The number of carboxylic acid groups (broad SMARTS) is 1. The van der Waals surface area contributed by atoms with Crippen LogP contribution in [-0.2, 0) is 9.59 Å². The first kappa shape index (κ1) is 20.0. The second kappa shape index (κ2) is 8.50. The van der Waals surface area contributed by atoms with Crippen LogP contribution in [-0.4, -0.2) is 28.3 Å². The topological polar surface area (TPSA) is 88.0 Å². The number of hydrogen-bond donors (Lipinski definition) is 2. The maximum atomic E-state index is 12.2. The van der Waals surface area contributed by atoms with Gasteiger partial charge >= 0.3 is 5.97 Å². The lowest BCUT2D eigenvalue weighted by atomic mass is 10.2. The first-order valence-corrected chi connectivity index (χ1v) is 9.57. The molecule has 1 aliphatic rings. The van der Waals surface area contributed by atoms with Gasteiger partial charge in [-0.2, -0.15) is 0 Å². The van der Waals surface area contributed by atoms with Crippen LogP contribution in [0, 0.1) is 6.92 Å². The fourth-order valence-corrected chi connectivity index (χ4v) is 3.36. The predicted octanol–water partition coefficient (Wildman–Crippen LogP) is 4.39. The number of ether oxygens (including phenoxy) is 1. The average molecular weight is 417 g/mol. The summed E-state index contributed by atoms with van der Waals surface area (Å²) in [5.74, 6) is -0.825. The SMILES string of the molecule is Cc1c(Cl)cccc1N=C1NC(=O)/C(=C/c2ccc(O[C@H](C)C(=O)O)cc2)S1. The van der Waals surface area contributed by atoms with Gasteiger partial charge in [-0.15, -0.1) is 0 Å².